The van der Waals surface area contributed by atoms with Gasteiger partial charge in [-0.2, -0.15) is 0 Å². The summed E-state index contributed by atoms with van der Waals surface area (Å²) in [7, 11) is 0. The van der Waals surface area contributed by atoms with Crippen molar-refractivity contribution in [2.45, 2.75) is 31.3 Å². The SMILES string of the molecule is NCCCC[C@@H]1NC(=O)C2COC(=N2)c2coc(n2)-c2coc(n2)-c2coc(n2)-c2coc(n2)-c2coc(n2)-c2coc1n2. The summed E-state index contributed by atoms with van der Waals surface area (Å²) in [6, 6.07) is -1.40. The highest BCUT2D eigenvalue weighted by molar-refractivity contribution is 5.97. The van der Waals surface area contributed by atoms with Crippen molar-refractivity contribution in [1.29, 1.82) is 0 Å². The molecule has 2 atom stereocenters. The van der Waals surface area contributed by atoms with Gasteiger partial charge in [0.15, 0.2) is 40.2 Å². The number of fused-ring (bicyclic) bond motifs is 19. The standard InChI is InChI=1S/C27H21N9O8/c28-4-2-1-3-12-21-31-15(6-39-21)23-33-17(8-41-23)25-35-19(10-43-25)27-36-18(11-44-27)26-34-16(9-42-26)24-32-14(7-40-24)22-30-13(5-38-22)20(37)29-12/h6-13H,1-5,28H2,(H,29,37)/t12-,13?/m0/s1. The summed E-state index contributed by atoms with van der Waals surface area (Å²) in [5.74, 6) is 0.867. The number of nitrogens with two attached hydrogens (primary N) is 1. The zero-order valence-electron chi connectivity index (χ0n) is 22.6. The summed E-state index contributed by atoms with van der Waals surface area (Å²) in [5.41, 5.74) is 7.53. The van der Waals surface area contributed by atoms with Crippen LogP contribution in [0.3, 0.4) is 0 Å². The molecule has 1 unspecified atom stereocenters. The number of hydrogen-bond donors (Lipinski definition) is 2. The Morgan fingerprint density at radius 1 is 0.659 bits per heavy atom. The molecular weight excluding hydrogens is 578 g/mol. The average molecular weight is 600 g/mol. The molecule has 14 bridgehead atoms. The van der Waals surface area contributed by atoms with Crippen molar-refractivity contribution in [2.75, 3.05) is 13.2 Å². The van der Waals surface area contributed by atoms with E-state index in [2.05, 4.69) is 40.2 Å². The van der Waals surface area contributed by atoms with E-state index in [9.17, 15) is 4.79 Å². The van der Waals surface area contributed by atoms with Gasteiger partial charge in [0.1, 0.15) is 50.2 Å². The van der Waals surface area contributed by atoms with E-state index in [0.717, 1.165) is 12.8 Å². The van der Waals surface area contributed by atoms with Crippen molar-refractivity contribution in [3.05, 3.63) is 49.2 Å². The number of ether oxygens (including phenoxy) is 1. The molecule has 2 aliphatic rings. The molecule has 3 N–H and O–H groups in total. The van der Waals surface area contributed by atoms with E-state index in [1.807, 2.05) is 0 Å². The molecule has 17 heteroatoms. The lowest BCUT2D eigenvalue weighted by Gasteiger charge is -2.16. The number of aromatic nitrogens is 6. The van der Waals surface area contributed by atoms with Crippen LogP contribution in [0.4, 0.5) is 0 Å². The summed E-state index contributed by atoms with van der Waals surface area (Å²) in [4.78, 5) is 44.3. The molecular formula is C27H21N9O8. The van der Waals surface area contributed by atoms with Crippen LogP contribution in [0.5, 0.6) is 0 Å². The van der Waals surface area contributed by atoms with E-state index in [4.69, 9.17) is 37.0 Å². The van der Waals surface area contributed by atoms with Gasteiger partial charge in [0.25, 0.3) is 0 Å². The van der Waals surface area contributed by atoms with Crippen LogP contribution in [0.1, 0.15) is 36.9 Å². The normalized spacial score (nSPS) is 17.6. The van der Waals surface area contributed by atoms with Gasteiger partial charge in [-0.05, 0) is 25.8 Å². The molecule has 6 aromatic rings. The summed E-state index contributed by atoms with van der Waals surface area (Å²) < 4.78 is 39.4. The van der Waals surface area contributed by atoms with E-state index >= 15 is 0 Å². The van der Waals surface area contributed by atoms with Crippen LogP contribution < -0.4 is 11.1 Å². The largest absolute Gasteiger partial charge is 0.473 e. The van der Waals surface area contributed by atoms with Crippen LogP contribution in [0.25, 0.3) is 57.9 Å². The van der Waals surface area contributed by atoms with Gasteiger partial charge < -0.3 is 42.3 Å². The van der Waals surface area contributed by atoms with Gasteiger partial charge in [0.05, 0.1) is 0 Å². The highest BCUT2D eigenvalue weighted by atomic mass is 16.5. The average Bonchev–Trinajstić information content (AvgIpc) is 3.86. The van der Waals surface area contributed by atoms with E-state index in [-0.39, 0.29) is 53.8 Å². The van der Waals surface area contributed by atoms with Crippen LogP contribution in [0, 0.1) is 0 Å². The summed E-state index contributed by atoms with van der Waals surface area (Å²) in [6.07, 6.45) is 10.2. The van der Waals surface area contributed by atoms with Gasteiger partial charge >= 0.3 is 0 Å². The minimum absolute atomic E-state index is 0.0137. The molecule has 6 aromatic heterocycles. The molecule has 0 radical (unpaired) electrons. The van der Waals surface area contributed by atoms with Crippen molar-refractivity contribution in [1.82, 2.24) is 35.2 Å². The molecule has 0 saturated heterocycles. The molecule has 0 fully saturated rings. The maximum atomic E-state index is 13.3. The Morgan fingerprint density at radius 2 is 1.14 bits per heavy atom. The van der Waals surface area contributed by atoms with Crippen molar-refractivity contribution >= 4 is 11.8 Å². The van der Waals surface area contributed by atoms with Crippen LogP contribution in [-0.4, -0.2) is 60.9 Å². The molecule has 1 amide bonds. The smallest absolute Gasteiger partial charge is 0.249 e. The number of nitrogens with one attached hydrogen (secondary N) is 1. The number of carbonyl (C=O) groups excluding carboxylic acids is 1. The van der Waals surface area contributed by atoms with Gasteiger partial charge in [0, 0.05) is 0 Å². The first-order valence-electron chi connectivity index (χ1n) is 13.6. The molecule has 222 valence electrons. The number of rotatable bonds is 4. The lowest BCUT2D eigenvalue weighted by Crippen LogP contribution is -2.37. The third-order valence-electron chi connectivity index (χ3n) is 6.87. The van der Waals surface area contributed by atoms with Gasteiger partial charge in [-0.25, -0.2) is 34.9 Å². The lowest BCUT2D eigenvalue weighted by atomic mass is 10.1. The number of aliphatic imine (C=N–C) groups is 1. The highest BCUT2D eigenvalue weighted by Crippen LogP contribution is 2.31. The number of nitrogens with zero attached hydrogens (tertiary/aromatic N) is 7. The number of amides is 1. The monoisotopic (exact) mass is 599 g/mol. The third-order valence-corrected chi connectivity index (χ3v) is 6.87. The summed E-state index contributed by atoms with van der Waals surface area (Å²) in [6.45, 7) is 0.523. The minimum Gasteiger partial charge on any atom is -0.473 e. The molecule has 8 heterocycles. The number of carbonyl (C=O) groups is 1. The van der Waals surface area contributed by atoms with Crippen LogP contribution >= 0.6 is 0 Å². The second-order valence-corrected chi connectivity index (χ2v) is 9.87. The third kappa shape index (κ3) is 4.64. The number of oxazole rings is 6. The zero-order chi connectivity index (χ0) is 29.6. The molecule has 17 nitrogen and oxygen atoms in total. The highest BCUT2D eigenvalue weighted by Gasteiger charge is 2.32. The predicted molar refractivity (Wildman–Crippen MR) is 144 cm³/mol. The first-order valence-corrected chi connectivity index (χ1v) is 13.6. The second kappa shape index (κ2) is 10.5. The summed E-state index contributed by atoms with van der Waals surface area (Å²) in [5, 5.41) is 2.97. The van der Waals surface area contributed by atoms with Crippen molar-refractivity contribution in [3.8, 4) is 57.9 Å². The molecule has 44 heavy (non-hydrogen) atoms. The van der Waals surface area contributed by atoms with Crippen molar-refractivity contribution < 1.29 is 36.0 Å². The van der Waals surface area contributed by atoms with Crippen LogP contribution in [0.2, 0.25) is 0 Å². The Balaban J connectivity index is 1.18. The van der Waals surface area contributed by atoms with Crippen molar-refractivity contribution in [3.63, 3.8) is 0 Å². The quantitative estimate of drug-likeness (QED) is 0.276. The number of hydrogen-bond acceptors (Lipinski definition) is 16. The van der Waals surface area contributed by atoms with Gasteiger partial charge in [-0.15, -0.1) is 0 Å². The molecule has 0 saturated carbocycles. The molecule has 0 aromatic carbocycles. The van der Waals surface area contributed by atoms with Gasteiger partial charge in [-0.1, -0.05) is 0 Å². The second-order valence-electron chi connectivity index (χ2n) is 9.87. The molecule has 0 aliphatic carbocycles. The molecule has 8 rings (SSSR count). The Hall–Kier alpha value is -5.84. The minimum atomic E-state index is -0.831. The predicted octanol–water partition coefficient (Wildman–Crippen LogP) is 3.39. The molecule has 2 aliphatic heterocycles. The van der Waals surface area contributed by atoms with E-state index in [0.29, 0.717) is 47.1 Å². The van der Waals surface area contributed by atoms with Gasteiger partial charge in [-0.3, -0.25) is 4.79 Å². The van der Waals surface area contributed by atoms with E-state index in [1.165, 1.54) is 37.6 Å². The number of unbranched alkanes of at least 4 members (excludes halogenated alkanes) is 1. The van der Waals surface area contributed by atoms with Gasteiger partial charge in [0.2, 0.25) is 47.1 Å². The fourth-order valence-corrected chi connectivity index (χ4v) is 4.66. The van der Waals surface area contributed by atoms with Crippen LogP contribution in [-0.2, 0) is 9.53 Å². The maximum absolute atomic E-state index is 13.3. The summed E-state index contributed by atoms with van der Waals surface area (Å²) >= 11 is 0. The Kier molecular flexibility index (Phi) is 6.14. The Bertz CT molecular complexity index is 1990. The fourth-order valence-electron chi connectivity index (χ4n) is 4.66. The zero-order valence-corrected chi connectivity index (χ0v) is 22.6. The lowest BCUT2D eigenvalue weighted by molar-refractivity contribution is -0.123. The van der Waals surface area contributed by atoms with Crippen molar-refractivity contribution in [2.24, 2.45) is 10.7 Å². The van der Waals surface area contributed by atoms with Crippen LogP contribution in [0.15, 0.2) is 69.1 Å². The maximum Gasteiger partial charge on any atom is 0.249 e. The topological polar surface area (TPSA) is 233 Å². The van der Waals surface area contributed by atoms with E-state index < -0.39 is 12.1 Å². The van der Waals surface area contributed by atoms with E-state index in [1.54, 1.807) is 0 Å². The molecule has 0 spiro atoms. The Labute approximate surface area is 245 Å². The fraction of sp³-hybridized carbons (Fsp3) is 0.259. The first kappa shape index (κ1) is 25.8. The Morgan fingerprint density at radius 3 is 1.68 bits per heavy atom. The first-order chi connectivity index (χ1) is 21.6.